The molecule has 0 fully saturated rings. The number of hydrogen-bond acceptors (Lipinski definition) is 6. The van der Waals surface area contributed by atoms with Crippen molar-refractivity contribution in [2.75, 3.05) is 6.61 Å². The summed E-state index contributed by atoms with van der Waals surface area (Å²) in [6.45, 7) is 2.79. The number of aromatic nitrogens is 2. The van der Waals surface area contributed by atoms with Gasteiger partial charge in [-0.15, -0.1) is 16.4 Å². The summed E-state index contributed by atoms with van der Waals surface area (Å²) in [5.74, 6) is 0. The number of nitrogens with zero attached hydrogens (tertiary/aromatic N) is 2. The van der Waals surface area contributed by atoms with Crippen molar-refractivity contribution in [1.82, 2.24) is 14.9 Å². The van der Waals surface area contributed by atoms with Gasteiger partial charge in [-0.3, -0.25) is 0 Å². The largest absolute Gasteiger partial charge is 0.394 e. The molecule has 0 spiro atoms. The standard InChI is InChI=1S/C10H13N3OS2/c1-7-2-3-15-10(7)9(5-14)11-4-8-6-16-13-12-8/h2-3,6,9,11,14H,4-5H2,1H3. The topological polar surface area (TPSA) is 58.0 Å². The zero-order chi connectivity index (χ0) is 11.4. The van der Waals surface area contributed by atoms with E-state index in [0.717, 1.165) is 5.69 Å². The van der Waals surface area contributed by atoms with Crippen LogP contribution in [0.15, 0.2) is 16.8 Å². The molecule has 0 amide bonds. The Morgan fingerprint density at radius 3 is 3.00 bits per heavy atom. The monoisotopic (exact) mass is 255 g/mol. The number of aryl methyl sites for hydroxylation is 1. The fourth-order valence-electron chi connectivity index (χ4n) is 1.47. The molecular weight excluding hydrogens is 242 g/mol. The Hall–Kier alpha value is -0.820. The molecule has 0 aromatic carbocycles. The maximum Gasteiger partial charge on any atom is 0.0893 e. The van der Waals surface area contributed by atoms with Gasteiger partial charge in [-0.25, -0.2) is 0 Å². The molecule has 4 nitrogen and oxygen atoms in total. The second kappa shape index (κ2) is 5.49. The Balaban J connectivity index is 1.99. The Bertz CT molecular complexity index is 427. The van der Waals surface area contributed by atoms with E-state index in [2.05, 4.69) is 27.9 Å². The van der Waals surface area contributed by atoms with E-state index in [9.17, 15) is 5.11 Å². The van der Waals surface area contributed by atoms with Crippen LogP contribution in [0.25, 0.3) is 0 Å². The summed E-state index contributed by atoms with van der Waals surface area (Å²) in [5.41, 5.74) is 2.13. The van der Waals surface area contributed by atoms with Crippen molar-refractivity contribution in [1.29, 1.82) is 0 Å². The fraction of sp³-hybridized carbons (Fsp3) is 0.400. The van der Waals surface area contributed by atoms with E-state index in [4.69, 9.17) is 0 Å². The van der Waals surface area contributed by atoms with E-state index >= 15 is 0 Å². The highest BCUT2D eigenvalue weighted by atomic mass is 32.1. The highest BCUT2D eigenvalue weighted by molar-refractivity contribution is 7.10. The second-order valence-electron chi connectivity index (χ2n) is 3.48. The predicted octanol–water partition coefficient (Wildman–Crippen LogP) is 1.73. The van der Waals surface area contributed by atoms with Crippen LogP contribution in [0.1, 0.15) is 22.2 Å². The van der Waals surface area contributed by atoms with Gasteiger partial charge in [0.15, 0.2) is 0 Å². The van der Waals surface area contributed by atoms with Crippen molar-refractivity contribution < 1.29 is 5.11 Å². The molecule has 86 valence electrons. The summed E-state index contributed by atoms with van der Waals surface area (Å²) in [6, 6.07) is 2.05. The third kappa shape index (κ3) is 2.65. The van der Waals surface area contributed by atoms with Gasteiger partial charge in [-0.05, 0) is 35.5 Å². The van der Waals surface area contributed by atoms with E-state index in [1.54, 1.807) is 11.3 Å². The van der Waals surface area contributed by atoms with Gasteiger partial charge >= 0.3 is 0 Å². The molecule has 0 aliphatic rings. The Labute approximate surface area is 102 Å². The molecule has 2 heterocycles. The van der Waals surface area contributed by atoms with Crippen LogP contribution in [0.5, 0.6) is 0 Å². The molecule has 0 aliphatic carbocycles. The minimum atomic E-state index is -0.0123. The van der Waals surface area contributed by atoms with Crippen LogP contribution >= 0.6 is 22.9 Å². The lowest BCUT2D eigenvalue weighted by atomic mass is 10.2. The van der Waals surface area contributed by atoms with E-state index in [1.807, 2.05) is 10.8 Å². The zero-order valence-corrected chi connectivity index (χ0v) is 10.5. The van der Waals surface area contributed by atoms with Gasteiger partial charge in [-0.1, -0.05) is 4.49 Å². The van der Waals surface area contributed by atoms with Crippen molar-refractivity contribution in [2.45, 2.75) is 19.5 Å². The molecule has 2 rings (SSSR count). The highest BCUT2D eigenvalue weighted by Gasteiger charge is 2.13. The first-order chi connectivity index (χ1) is 7.81. The number of thiophene rings is 1. The third-order valence-electron chi connectivity index (χ3n) is 2.34. The maximum atomic E-state index is 9.36. The number of nitrogens with one attached hydrogen (secondary N) is 1. The quantitative estimate of drug-likeness (QED) is 0.854. The SMILES string of the molecule is Cc1ccsc1C(CO)NCc1csnn1. The van der Waals surface area contributed by atoms with Crippen LogP contribution in [0, 0.1) is 6.92 Å². The molecule has 0 radical (unpaired) electrons. The minimum Gasteiger partial charge on any atom is -0.394 e. The molecule has 0 saturated carbocycles. The summed E-state index contributed by atoms with van der Waals surface area (Å²) < 4.78 is 3.80. The average Bonchev–Trinajstić information content (AvgIpc) is 2.92. The molecule has 6 heteroatoms. The Morgan fingerprint density at radius 1 is 1.56 bits per heavy atom. The van der Waals surface area contributed by atoms with E-state index in [-0.39, 0.29) is 12.6 Å². The molecule has 0 aliphatic heterocycles. The highest BCUT2D eigenvalue weighted by Crippen LogP contribution is 2.23. The molecule has 2 aromatic heterocycles. The van der Waals surface area contributed by atoms with Gasteiger partial charge in [0.2, 0.25) is 0 Å². The number of aliphatic hydroxyl groups is 1. The van der Waals surface area contributed by atoms with E-state index in [1.165, 1.54) is 22.0 Å². The minimum absolute atomic E-state index is 0.0123. The van der Waals surface area contributed by atoms with Crippen molar-refractivity contribution >= 4 is 22.9 Å². The van der Waals surface area contributed by atoms with Crippen LogP contribution in [0.3, 0.4) is 0 Å². The molecule has 1 atom stereocenters. The predicted molar refractivity (Wildman–Crippen MR) is 65.6 cm³/mol. The van der Waals surface area contributed by atoms with Crippen LogP contribution in [-0.4, -0.2) is 21.3 Å². The first-order valence-corrected chi connectivity index (χ1v) is 6.67. The van der Waals surface area contributed by atoms with Gasteiger partial charge in [0.05, 0.1) is 18.3 Å². The fourth-order valence-corrected chi connectivity index (χ4v) is 2.92. The molecule has 16 heavy (non-hydrogen) atoms. The zero-order valence-electron chi connectivity index (χ0n) is 8.88. The van der Waals surface area contributed by atoms with Crippen LogP contribution in [0.4, 0.5) is 0 Å². The molecule has 2 aromatic rings. The van der Waals surface area contributed by atoms with Crippen molar-refractivity contribution in [3.8, 4) is 0 Å². The number of rotatable bonds is 5. The summed E-state index contributed by atoms with van der Waals surface area (Å²) in [6.07, 6.45) is 0. The maximum absolute atomic E-state index is 9.36. The lowest BCUT2D eigenvalue weighted by molar-refractivity contribution is 0.245. The second-order valence-corrected chi connectivity index (χ2v) is 5.04. The third-order valence-corrected chi connectivity index (χ3v) is 4.02. The normalized spacial score (nSPS) is 12.9. The first kappa shape index (κ1) is 11.7. The lowest BCUT2D eigenvalue weighted by Gasteiger charge is -2.14. The van der Waals surface area contributed by atoms with Gasteiger partial charge in [0.25, 0.3) is 0 Å². The van der Waals surface area contributed by atoms with Crippen molar-refractivity contribution in [2.24, 2.45) is 0 Å². The van der Waals surface area contributed by atoms with Crippen molar-refractivity contribution in [3.05, 3.63) is 33.0 Å². The lowest BCUT2D eigenvalue weighted by Crippen LogP contribution is -2.23. The number of hydrogen-bond donors (Lipinski definition) is 2. The van der Waals surface area contributed by atoms with Crippen LogP contribution in [0.2, 0.25) is 0 Å². The first-order valence-electron chi connectivity index (χ1n) is 4.95. The Kier molecular flexibility index (Phi) is 4.00. The van der Waals surface area contributed by atoms with Gasteiger partial charge in [0.1, 0.15) is 0 Å². The van der Waals surface area contributed by atoms with Crippen LogP contribution < -0.4 is 5.32 Å². The number of aliphatic hydroxyl groups excluding tert-OH is 1. The summed E-state index contributed by atoms with van der Waals surface area (Å²) in [7, 11) is 0. The molecular formula is C10H13N3OS2. The van der Waals surface area contributed by atoms with E-state index in [0.29, 0.717) is 6.54 Å². The molecule has 0 saturated heterocycles. The van der Waals surface area contributed by atoms with E-state index < -0.39 is 0 Å². The van der Waals surface area contributed by atoms with Gasteiger partial charge in [0, 0.05) is 16.8 Å². The van der Waals surface area contributed by atoms with Crippen LogP contribution in [-0.2, 0) is 6.54 Å². The average molecular weight is 255 g/mol. The molecule has 1 unspecified atom stereocenters. The summed E-state index contributed by atoms with van der Waals surface area (Å²) in [4.78, 5) is 1.19. The Morgan fingerprint density at radius 2 is 2.44 bits per heavy atom. The molecule has 2 N–H and O–H groups in total. The smallest absolute Gasteiger partial charge is 0.0893 e. The summed E-state index contributed by atoms with van der Waals surface area (Å²) in [5, 5.41) is 20.5. The van der Waals surface area contributed by atoms with Crippen molar-refractivity contribution in [3.63, 3.8) is 0 Å². The molecule has 0 bridgehead atoms. The van der Waals surface area contributed by atoms with Gasteiger partial charge < -0.3 is 10.4 Å². The van der Waals surface area contributed by atoms with Gasteiger partial charge in [-0.2, -0.15) is 0 Å². The summed E-state index contributed by atoms with van der Waals surface area (Å²) >= 11 is 3.00.